The molecular formula is C13H23NO. The molecule has 1 aliphatic heterocycles. The Bertz CT molecular complexity index is 231. The van der Waals surface area contributed by atoms with Crippen LogP contribution >= 0.6 is 0 Å². The molecule has 1 N–H and O–H groups in total. The number of rotatable bonds is 1. The van der Waals surface area contributed by atoms with E-state index in [0.717, 1.165) is 24.8 Å². The van der Waals surface area contributed by atoms with Crippen molar-refractivity contribution in [3.63, 3.8) is 0 Å². The standard InChI is InChI=1S/C13H23NO/c15-12-7-6-11(9-12)14-8-2-4-10-3-1-5-13(10)14/h10-13,15H,1-9H2. The van der Waals surface area contributed by atoms with E-state index in [1.165, 1.54) is 45.1 Å². The van der Waals surface area contributed by atoms with Crippen molar-refractivity contribution in [2.45, 2.75) is 69.6 Å². The molecule has 0 aromatic carbocycles. The molecule has 4 unspecified atom stereocenters. The molecule has 2 saturated carbocycles. The van der Waals surface area contributed by atoms with E-state index in [4.69, 9.17) is 0 Å². The zero-order valence-corrected chi connectivity index (χ0v) is 9.57. The fourth-order valence-electron chi connectivity index (χ4n) is 4.18. The molecular weight excluding hydrogens is 186 g/mol. The maximum atomic E-state index is 9.64. The molecule has 0 aromatic rings. The lowest BCUT2D eigenvalue weighted by Crippen LogP contribution is -2.47. The Morgan fingerprint density at radius 3 is 2.60 bits per heavy atom. The first-order chi connectivity index (χ1) is 7.34. The summed E-state index contributed by atoms with van der Waals surface area (Å²) in [6.07, 6.45) is 10.5. The molecule has 0 aromatic heterocycles. The maximum Gasteiger partial charge on any atom is 0.0555 e. The average Bonchev–Trinajstić information content (AvgIpc) is 2.84. The molecule has 3 aliphatic rings. The second-order valence-corrected chi connectivity index (χ2v) is 5.76. The predicted molar refractivity (Wildman–Crippen MR) is 60.7 cm³/mol. The number of nitrogens with zero attached hydrogens (tertiary/aromatic N) is 1. The van der Waals surface area contributed by atoms with Crippen LogP contribution < -0.4 is 0 Å². The van der Waals surface area contributed by atoms with Crippen molar-refractivity contribution in [2.24, 2.45) is 5.92 Å². The first-order valence-electron chi connectivity index (χ1n) is 6.78. The third kappa shape index (κ3) is 1.83. The quantitative estimate of drug-likeness (QED) is 0.715. The third-order valence-corrected chi connectivity index (χ3v) is 4.88. The minimum Gasteiger partial charge on any atom is -0.393 e. The molecule has 0 spiro atoms. The fourth-order valence-corrected chi connectivity index (χ4v) is 4.18. The van der Waals surface area contributed by atoms with Gasteiger partial charge >= 0.3 is 0 Å². The summed E-state index contributed by atoms with van der Waals surface area (Å²) in [5, 5.41) is 9.64. The second kappa shape index (κ2) is 4.06. The highest BCUT2D eigenvalue weighted by Crippen LogP contribution is 2.40. The van der Waals surface area contributed by atoms with Gasteiger partial charge in [-0.2, -0.15) is 0 Å². The number of hydrogen-bond acceptors (Lipinski definition) is 2. The van der Waals surface area contributed by atoms with Crippen LogP contribution in [0.25, 0.3) is 0 Å². The van der Waals surface area contributed by atoms with Crippen LogP contribution in [0.3, 0.4) is 0 Å². The van der Waals surface area contributed by atoms with Gasteiger partial charge in [0.1, 0.15) is 0 Å². The van der Waals surface area contributed by atoms with E-state index in [9.17, 15) is 5.11 Å². The van der Waals surface area contributed by atoms with Crippen molar-refractivity contribution >= 4 is 0 Å². The van der Waals surface area contributed by atoms with Gasteiger partial charge in [0.15, 0.2) is 0 Å². The van der Waals surface area contributed by atoms with Gasteiger partial charge in [-0.15, -0.1) is 0 Å². The van der Waals surface area contributed by atoms with E-state index in [2.05, 4.69) is 4.90 Å². The van der Waals surface area contributed by atoms with Gasteiger partial charge in [0.2, 0.25) is 0 Å². The minimum absolute atomic E-state index is 0.00298. The van der Waals surface area contributed by atoms with Crippen LogP contribution in [0.4, 0.5) is 0 Å². The number of aliphatic hydroxyl groups is 1. The predicted octanol–water partition coefficient (Wildman–Crippen LogP) is 2.16. The Labute approximate surface area is 92.7 Å². The summed E-state index contributed by atoms with van der Waals surface area (Å²) in [7, 11) is 0. The maximum absolute atomic E-state index is 9.64. The normalized spacial score (nSPS) is 47.0. The number of likely N-dealkylation sites (tertiary alicyclic amines) is 1. The number of fused-ring (bicyclic) bond motifs is 1. The largest absolute Gasteiger partial charge is 0.393 e. The Hall–Kier alpha value is -0.0800. The van der Waals surface area contributed by atoms with Crippen LogP contribution in [0.5, 0.6) is 0 Å². The first kappa shape index (κ1) is 10.1. The molecule has 0 bridgehead atoms. The Balaban J connectivity index is 1.69. The molecule has 2 nitrogen and oxygen atoms in total. The SMILES string of the molecule is OC1CCC(N2CCCC3CCCC32)C1. The van der Waals surface area contributed by atoms with Crippen molar-refractivity contribution in [1.29, 1.82) is 0 Å². The summed E-state index contributed by atoms with van der Waals surface area (Å²) in [5.41, 5.74) is 0. The van der Waals surface area contributed by atoms with E-state index >= 15 is 0 Å². The Morgan fingerprint density at radius 1 is 0.933 bits per heavy atom. The molecule has 3 rings (SSSR count). The van der Waals surface area contributed by atoms with Crippen molar-refractivity contribution in [3.05, 3.63) is 0 Å². The topological polar surface area (TPSA) is 23.5 Å². The Morgan fingerprint density at radius 2 is 1.80 bits per heavy atom. The van der Waals surface area contributed by atoms with Gasteiger partial charge < -0.3 is 5.11 Å². The van der Waals surface area contributed by atoms with Crippen LogP contribution in [0.1, 0.15) is 51.4 Å². The van der Waals surface area contributed by atoms with Gasteiger partial charge in [-0.1, -0.05) is 6.42 Å². The van der Waals surface area contributed by atoms with Gasteiger partial charge in [0.05, 0.1) is 6.10 Å². The van der Waals surface area contributed by atoms with Gasteiger partial charge in [-0.05, 0) is 57.4 Å². The molecule has 15 heavy (non-hydrogen) atoms. The highest BCUT2D eigenvalue weighted by atomic mass is 16.3. The highest BCUT2D eigenvalue weighted by molar-refractivity contribution is 4.94. The van der Waals surface area contributed by atoms with E-state index in [0.29, 0.717) is 6.04 Å². The number of piperidine rings is 1. The minimum atomic E-state index is -0.00298. The molecule has 1 heterocycles. The smallest absolute Gasteiger partial charge is 0.0555 e. The lowest BCUT2D eigenvalue weighted by Gasteiger charge is -2.41. The number of aliphatic hydroxyl groups excluding tert-OH is 1. The first-order valence-corrected chi connectivity index (χ1v) is 6.78. The summed E-state index contributed by atoms with van der Waals surface area (Å²) in [6, 6.07) is 1.60. The fraction of sp³-hybridized carbons (Fsp3) is 1.00. The summed E-state index contributed by atoms with van der Waals surface area (Å²) in [4.78, 5) is 2.76. The highest BCUT2D eigenvalue weighted by Gasteiger charge is 2.39. The van der Waals surface area contributed by atoms with Gasteiger partial charge in [-0.3, -0.25) is 4.90 Å². The average molecular weight is 209 g/mol. The van der Waals surface area contributed by atoms with Crippen LogP contribution in [0, 0.1) is 5.92 Å². The lowest BCUT2D eigenvalue weighted by atomic mass is 9.90. The summed E-state index contributed by atoms with van der Waals surface area (Å²) in [5.74, 6) is 0.997. The number of hydrogen-bond donors (Lipinski definition) is 1. The zero-order valence-electron chi connectivity index (χ0n) is 9.57. The van der Waals surface area contributed by atoms with Gasteiger partial charge in [-0.25, -0.2) is 0 Å². The molecule has 3 fully saturated rings. The van der Waals surface area contributed by atoms with Crippen molar-refractivity contribution in [3.8, 4) is 0 Å². The van der Waals surface area contributed by atoms with Gasteiger partial charge in [0.25, 0.3) is 0 Å². The van der Waals surface area contributed by atoms with E-state index < -0.39 is 0 Å². The monoisotopic (exact) mass is 209 g/mol. The molecule has 0 amide bonds. The van der Waals surface area contributed by atoms with Crippen molar-refractivity contribution < 1.29 is 5.11 Å². The van der Waals surface area contributed by atoms with Crippen LogP contribution in [0.15, 0.2) is 0 Å². The van der Waals surface area contributed by atoms with Gasteiger partial charge in [0, 0.05) is 12.1 Å². The zero-order chi connectivity index (χ0) is 10.3. The summed E-state index contributed by atoms with van der Waals surface area (Å²) >= 11 is 0. The van der Waals surface area contributed by atoms with E-state index in [-0.39, 0.29) is 6.10 Å². The lowest BCUT2D eigenvalue weighted by molar-refractivity contribution is 0.0619. The summed E-state index contributed by atoms with van der Waals surface area (Å²) < 4.78 is 0. The van der Waals surface area contributed by atoms with E-state index in [1.807, 2.05) is 0 Å². The van der Waals surface area contributed by atoms with Crippen LogP contribution in [-0.4, -0.2) is 34.7 Å². The molecule has 0 radical (unpaired) electrons. The van der Waals surface area contributed by atoms with Crippen molar-refractivity contribution in [2.75, 3.05) is 6.54 Å². The van der Waals surface area contributed by atoms with Crippen LogP contribution in [-0.2, 0) is 0 Å². The summed E-state index contributed by atoms with van der Waals surface area (Å²) in [6.45, 7) is 1.30. The molecule has 2 heteroatoms. The van der Waals surface area contributed by atoms with E-state index in [1.54, 1.807) is 0 Å². The molecule has 1 saturated heterocycles. The third-order valence-electron chi connectivity index (χ3n) is 4.88. The molecule has 4 atom stereocenters. The molecule has 86 valence electrons. The van der Waals surface area contributed by atoms with Crippen LogP contribution in [0.2, 0.25) is 0 Å². The second-order valence-electron chi connectivity index (χ2n) is 5.76. The molecule has 2 aliphatic carbocycles. The Kier molecular flexibility index (Phi) is 2.73. The van der Waals surface area contributed by atoms with Crippen molar-refractivity contribution in [1.82, 2.24) is 4.90 Å².